The Labute approximate surface area is 124 Å². The largest absolute Gasteiger partial charge is 0.496 e. The fourth-order valence-electron chi connectivity index (χ4n) is 2.65. The van der Waals surface area contributed by atoms with E-state index in [4.69, 9.17) is 4.74 Å². The predicted octanol–water partition coefficient (Wildman–Crippen LogP) is 3.28. The van der Waals surface area contributed by atoms with Crippen LogP contribution >= 0.6 is 15.9 Å². The Morgan fingerprint density at radius 2 is 2.16 bits per heavy atom. The first-order valence-corrected chi connectivity index (χ1v) is 7.65. The predicted molar refractivity (Wildman–Crippen MR) is 84.1 cm³/mol. The second-order valence-electron chi connectivity index (χ2n) is 5.59. The third kappa shape index (κ3) is 3.23. The molecular formula is C15H23BrN2O. The van der Waals surface area contributed by atoms with Gasteiger partial charge in [0, 0.05) is 30.9 Å². The molecule has 0 bridgehead atoms. The van der Waals surface area contributed by atoms with E-state index in [2.05, 4.69) is 59.1 Å². The van der Waals surface area contributed by atoms with Crippen molar-refractivity contribution in [2.45, 2.75) is 32.9 Å². The lowest BCUT2D eigenvalue weighted by Gasteiger charge is -2.43. The van der Waals surface area contributed by atoms with Gasteiger partial charge in [-0.2, -0.15) is 0 Å². The van der Waals surface area contributed by atoms with Crippen LogP contribution in [0.4, 0.5) is 5.69 Å². The molecule has 2 unspecified atom stereocenters. The van der Waals surface area contributed by atoms with Crippen LogP contribution in [-0.2, 0) is 0 Å². The zero-order valence-electron chi connectivity index (χ0n) is 12.1. The van der Waals surface area contributed by atoms with Gasteiger partial charge in [0.05, 0.1) is 11.6 Å². The number of benzene rings is 1. The average Bonchev–Trinajstić information content (AvgIpc) is 2.38. The lowest BCUT2D eigenvalue weighted by Crippen LogP contribution is -2.57. The highest BCUT2D eigenvalue weighted by atomic mass is 79.9. The van der Waals surface area contributed by atoms with E-state index in [-0.39, 0.29) is 0 Å². The van der Waals surface area contributed by atoms with E-state index in [0.29, 0.717) is 18.0 Å². The smallest absolute Gasteiger partial charge is 0.133 e. The van der Waals surface area contributed by atoms with Gasteiger partial charge in [-0.05, 0) is 47.0 Å². The van der Waals surface area contributed by atoms with Gasteiger partial charge in [0.25, 0.3) is 0 Å². The second-order valence-corrected chi connectivity index (χ2v) is 6.45. The minimum atomic E-state index is 0.524. The number of nitrogens with zero attached hydrogens (tertiary/aromatic N) is 1. The summed E-state index contributed by atoms with van der Waals surface area (Å²) in [6.07, 6.45) is 0. The zero-order valence-corrected chi connectivity index (χ0v) is 13.7. The maximum Gasteiger partial charge on any atom is 0.133 e. The number of hydrogen-bond acceptors (Lipinski definition) is 3. The number of nitrogens with one attached hydrogen (secondary N) is 1. The highest BCUT2D eigenvalue weighted by Gasteiger charge is 2.28. The van der Waals surface area contributed by atoms with Gasteiger partial charge < -0.3 is 15.0 Å². The van der Waals surface area contributed by atoms with Crippen LogP contribution in [0.1, 0.15) is 20.8 Å². The summed E-state index contributed by atoms with van der Waals surface area (Å²) in [5, 5.41) is 3.57. The molecule has 2 rings (SSSR count). The second kappa shape index (κ2) is 6.14. The SMILES string of the molecule is COc1ccc(N2CC(C)NCC2C(C)C)cc1Br. The van der Waals surface area contributed by atoms with Crippen molar-refractivity contribution >= 4 is 21.6 Å². The highest BCUT2D eigenvalue weighted by molar-refractivity contribution is 9.10. The van der Waals surface area contributed by atoms with Crippen LogP contribution in [0.25, 0.3) is 0 Å². The standard InChI is InChI=1S/C15H23BrN2O/c1-10(2)14-8-17-11(3)9-18(14)12-5-6-15(19-4)13(16)7-12/h5-7,10-11,14,17H,8-9H2,1-4H3. The summed E-state index contributed by atoms with van der Waals surface area (Å²) in [6.45, 7) is 8.90. The van der Waals surface area contributed by atoms with Gasteiger partial charge in [-0.15, -0.1) is 0 Å². The van der Waals surface area contributed by atoms with E-state index in [1.807, 2.05) is 6.07 Å². The number of hydrogen-bond donors (Lipinski definition) is 1. The molecule has 3 nitrogen and oxygen atoms in total. The van der Waals surface area contributed by atoms with Crippen molar-refractivity contribution < 1.29 is 4.74 Å². The summed E-state index contributed by atoms with van der Waals surface area (Å²) >= 11 is 3.58. The molecular weight excluding hydrogens is 304 g/mol. The fourth-order valence-corrected chi connectivity index (χ4v) is 3.18. The topological polar surface area (TPSA) is 24.5 Å². The number of ether oxygens (including phenoxy) is 1. The lowest BCUT2D eigenvalue weighted by molar-refractivity contribution is 0.349. The average molecular weight is 327 g/mol. The molecule has 1 saturated heterocycles. The first-order chi connectivity index (χ1) is 9.02. The van der Waals surface area contributed by atoms with E-state index in [1.165, 1.54) is 5.69 Å². The van der Waals surface area contributed by atoms with Gasteiger partial charge >= 0.3 is 0 Å². The van der Waals surface area contributed by atoms with Gasteiger partial charge in [-0.3, -0.25) is 0 Å². The Morgan fingerprint density at radius 3 is 2.74 bits per heavy atom. The van der Waals surface area contributed by atoms with E-state index in [9.17, 15) is 0 Å². The van der Waals surface area contributed by atoms with Crippen LogP contribution in [-0.4, -0.2) is 32.3 Å². The molecule has 0 amide bonds. The molecule has 1 aromatic rings. The van der Waals surface area contributed by atoms with Crippen molar-refractivity contribution in [2.24, 2.45) is 5.92 Å². The Morgan fingerprint density at radius 1 is 1.42 bits per heavy atom. The highest BCUT2D eigenvalue weighted by Crippen LogP contribution is 2.32. The number of anilines is 1. The summed E-state index contributed by atoms with van der Waals surface area (Å²) in [7, 11) is 1.70. The van der Waals surface area contributed by atoms with E-state index < -0.39 is 0 Å². The monoisotopic (exact) mass is 326 g/mol. The third-order valence-electron chi connectivity index (χ3n) is 3.78. The van der Waals surface area contributed by atoms with E-state index in [0.717, 1.165) is 23.3 Å². The minimum absolute atomic E-state index is 0.524. The number of methoxy groups -OCH3 is 1. The maximum atomic E-state index is 5.30. The van der Waals surface area contributed by atoms with Crippen LogP contribution in [0.2, 0.25) is 0 Å². The first kappa shape index (κ1) is 14.7. The van der Waals surface area contributed by atoms with Crippen LogP contribution in [0.15, 0.2) is 22.7 Å². The number of piperazine rings is 1. The van der Waals surface area contributed by atoms with Crippen molar-refractivity contribution in [3.8, 4) is 5.75 Å². The van der Waals surface area contributed by atoms with Gasteiger partial charge in [0.15, 0.2) is 0 Å². The molecule has 1 aromatic carbocycles. The van der Waals surface area contributed by atoms with Crippen LogP contribution in [0, 0.1) is 5.92 Å². The molecule has 0 spiro atoms. The van der Waals surface area contributed by atoms with Gasteiger partial charge in [-0.25, -0.2) is 0 Å². The van der Waals surface area contributed by atoms with Crippen LogP contribution in [0.5, 0.6) is 5.75 Å². The molecule has 1 aliphatic rings. The zero-order chi connectivity index (χ0) is 14.0. The molecule has 1 heterocycles. The molecule has 19 heavy (non-hydrogen) atoms. The van der Waals surface area contributed by atoms with E-state index in [1.54, 1.807) is 7.11 Å². The Hall–Kier alpha value is -0.740. The molecule has 0 aromatic heterocycles. The number of rotatable bonds is 3. The first-order valence-electron chi connectivity index (χ1n) is 6.86. The molecule has 1 fully saturated rings. The van der Waals surface area contributed by atoms with Crippen molar-refractivity contribution in [3.63, 3.8) is 0 Å². The van der Waals surface area contributed by atoms with Crippen LogP contribution < -0.4 is 15.0 Å². The van der Waals surface area contributed by atoms with Gasteiger partial charge in [-0.1, -0.05) is 13.8 Å². The van der Waals surface area contributed by atoms with Crippen molar-refractivity contribution in [3.05, 3.63) is 22.7 Å². The Bertz CT molecular complexity index is 436. The Balaban J connectivity index is 2.28. The normalized spacial score (nSPS) is 23.8. The van der Waals surface area contributed by atoms with Crippen molar-refractivity contribution in [1.82, 2.24) is 5.32 Å². The molecule has 1 N–H and O–H groups in total. The minimum Gasteiger partial charge on any atom is -0.496 e. The summed E-state index contributed by atoms with van der Waals surface area (Å²) in [5.74, 6) is 1.51. The summed E-state index contributed by atoms with van der Waals surface area (Å²) in [5.41, 5.74) is 1.26. The molecule has 106 valence electrons. The molecule has 0 aliphatic carbocycles. The fraction of sp³-hybridized carbons (Fsp3) is 0.600. The lowest BCUT2D eigenvalue weighted by atomic mass is 9.98. The quantitative estimate of drug-likeness (QED) is 0.922. The van der Waals surface area contributed by atoms with E-state index >= 15 is 0 Å². The van der Waals surface area contributed by atoms with Crippen molar-refractivity contribution in [2.75, 3.05) is 25.1 Å². The Kier molecular flexibility index (Phi) is 4.74. The molecule has 0 saturated carbocycles. The van der Waals surface area contributed by atoms with Gasteiger partial charge in [0.1, 0.15) is 5.75 Å². The number of halogens is 1. The molecule has 4 heteroatoms. The van der Waals surface area contributed by atoms with Gasteiger partial charge in [0.2, 0.25) is 0 Å². The third-order valence-corrected chi connectivity index (χ3v) is 4.40. The summed E-state index contributed by atoms with van der Waals surface area (Å²) < 4.78 is 6.32. The summed E-state index contributed by atoms with van der Waals surface area (Å²) in [4.78, 5) is 2.51. The molecule has 1 aliphatic heterocycles. The maximum absolute atomic E-state index is 5.30. The van der Waals surface area contributed by atoms with Crippen molar-refractivity contribution in [1.29, 1.82) is 0 Å². The molecule has 2 atom stereocenters. The van der Waals surface area contributed by atoms with Crippen LogP contribution in [0.3, 0.4) is 0 Å². The molecule has 0 radical (unpaired) electrons. The summed E-state index contributed by atoms with van der Waals surface area (Å²) in [6, 6.07) is 7.40.